The summed E-state index contributed by atoms with van der Waals surface area (Å²) in [5.41, 5.74) is 2.61. The van der Waals surface area contributed by atoms with Crippen molar-refractivity contribution >= 4 is 28.1 Å². The highest BCUT2D eigenvalue weighted by molar-refractivity contribution is 7.98. The van der Waals surface area contributed by atoms with Crippen molar-refractivity contribution in [3.05, 3.63) is 93.1 Å². The number of thioether (sulfide) groups is 1. The van der Waals surface area contributed by atoms with E-state index in [4.69, 9.17) is 4.74 Å². The van der Waals surface area contributed by atoms with Gasteiger partial charge in [0.15, 0.2) is 5.16 Å². The molecule has 0 aliphatic carbocycles. The molecular weight excluding hydrogens is 468 g/mol. The summed E-state index contributed by atoms with van der Waals surface area (Å²) in [5, 5.41) is 14.7. The molecule has 0 unspecified atom stereocenters. The molecular formula is C24H22N6O2S2. The summed E-state index contributed by atoms with van der Waals surface area (Å²) in [4.78, 5) is 17.6. The van der Waals surface area contributed by atoms with Crippen LogP contribution in [0.3, 0.4) is 0 Å². The fourth-order valence-corrected chi connectivity index (χ4v) is 5.20. The molecule has 0 radical (unpaired) electrons. The molecule has 0 N–H and O–H groups in total. The molecule has 0 amide bonds. The van der Waals surface area contributed by atoms with Gasteiger partial charge in [0.25, 0.3) is 5.56 Å². The van der Waals surface area contributed by atoms with Gasteiger partial charge in [-0.1, -0.05) is 53.4 Å². The quantitative estimate of drug-likeness (QED) is 0.299. The standard InChI is InChI=1S/C24H22N6O2S2/c1-3-32-20-11-9-19(10-12-20)29-21(13-17-7-5-4-6-8-17)26-27-24(29)33-15-18-14-22(31)30-23(25-18)34-16(2)28-30/h4-12,14H,3,13,15H2,1-2H3. The third-order valence-corrected chi connectivity index (χ3v) is 6.85. The van der Waals surface area contributed by atoms with Crippen LogP contribution in [0, 0.1) is 6.92 Å². The van der Waals surface area contributed by atoms with Gasteiger partial charge in [-0.05, 0) is 43.7 Å². The maximum atomic E-state index is 12.4. The van der Waals surface area contributed by atoms with Crippen molar-refractivity contribution in [2.24, 2.45) is 0 Å². The first-order valence-electron chi connectivity index (χ1n) is 10.8. The normalized spacial score (nSPS) is 11.2. The molecule has 0 saturated carbocycles. The lowest BCUT2D eigenvalue weighted by atomic mass is 10.1. The van der Waals surface area contributed by atoms with Gasteiger partial charge in [-0.25, -0.2) is 4.98 Å². The van der Waals surface area contributed by atoms with Crippen molar-refractivity contribution < 1.29 is 4.74 Å². The van der Waals surface area contributed by atoms with E-state index < -0.39 is 0 Å². The largest absolute Gasteiger partial charge is 0.494 e. The van der Waals surface area contributed by atoms with Gasteiger partial charge in [0.1, 0.15) is 16.6 Å². The molecule has 8 nitrogen and oxygen atoms in total. The van der Waals surface area contributed by atoms with E-state index in [0.29, 0.717) is 29.4 Å². The second-order valence-corrected chi connectivity index (χ2v) is 9.62. The molecule has 10 heteroatoms. The molecule has 34 heavy (non-hydrogen) atoms. The molecule has 172 valence electrons. The Balaban J connectivity index is 1.47. The van der Waals surface area contributed by atoms with E-state index in [1.807, 2.05) is 56.3 Å². The van der Waals surface area contributed by atoms with E-state index in [2.05, 4.69) is 37.0 Å². The van der Waals surface area contributed by atoms with Crippen LogP contribution in [0.2, 0.25) is 0 Å². The fourth-order valence-electron chi connectivity index (χ4n) is 3.57. The maximum absolute atomic E-state index is 12.4. The van der Waals surface area contributed by atoms with Gasteiger partial charge in [-0.15, -0.1) is 10.2 Å². The SMILES string of the molecule is CCOc1ccc(-n2c(Cc3ccccc3)nnc2SCc2cc(=O)n3nc(C)sc3n2)cc1. The van der Waals surface area contributed by atoms with Crippen LogP contribution in [0.5, 0.6) is 5.75 Å². The van der Waals surface area contributed by atoms with E-state index in [9.17, 15) is 4.79 Å². The van der Waals surface area contributed by atoms with Crippen LogP contribution in [0.25, 0.3) is 10.6 Å². The summed E-state index contributed by atoms with van der Waals surface area (Å²) in [6.07, 6.45) is 0.646. The van der Waals surface area contributed by atoms with Gasteiger partial charge >= 0.3 is 0 Å². The first-order chi connectivity index (χ1) is 16.6. The molecule has 2 aromatic carbocycles. The summed E-state index contributed by atoms with van der Waals surface area (Å²) >= 11 is 2.90. The minimum atomic E-state index is -0.178. The third-order valence-electron chi connectivity index (χ3n) is 5.06. The van der Waals surface area contributed by atoms with Crippen molar-refractivity contribution in [2.75, 3.05) is 6.61 Å². The Morgan fingerprint density at radius 3 is 2.62 bits per heavy atom. The summed E-state index contributed by atoms with van der Waals surface area (Å²) in [7, 11) is 0. The summed E-state index contributed by atoms with van der Waals surface area (Å²) in [5.74, 6) is 2.14. The van der Waals surface area contributed by atoms with E-state index >= 15 is 0 Å². The second-order valence-electron chi connectivity index (χ2n) is 7.51. The van der Waals surface area contributed by atoms with Crippen LogP contribution in [0.15, 0.2) is 70.6 Å². The number of hydrogen-bond donors (Lipinski definition) is 0. The van der Waals surface area contributed by atoms with Gasteiger partial charge in [-0.3, -0.25) is 9.36 Å². The zero-order valence-corrected chi connectivity index (χ0v) is 20.3. The van der Waals surface area contributed by atoms with E-state index in [-0.39, 0.29) is 5.56 Å². The first-order valence-corrected chi connectivity index (χ1v) is 12.6. The van der Waals surface area contributed by atoms with E-state index in [0.717, 1.165) is 33.0 Å². The average molecular weight is 491 g/mol. The molecule has 3 aromatic heterocycles. The van der Waals surface area contributed by atoms with Crippen LogP contribution in [0.4, 0.5) is 0 Å². The second kappa shape index (κ2) is 9.78. The van der Waals surface area contributed by atoms with Crippen LogP contribution in [0.1, 0.15) is 29.0 Å². The average Bonchev–Trinajstić information content (AvgIpc) is 3.42. The predicted octanol–water partition coefficient (Wildman–Crippen LogP) is 4.32. The number of aryl methyl sites for hydroxylation is 1. The van der Waals surface area contributed by atoms with Crippen molar-refractivity contribution in [1.82, 2.24) is 29.4 Å². The van der Waals surface area contributed by atoms with Crippen LogP contribution in [-0.4, -0.2) is 36.0 Å². The highest BCUT2D eigenvalue weighted by atomic mass is 32.2. The summed E-state index contributed by atoms with van der Waals surface area (Å²) in [6, 6.07) is 19.6. The molecule has 0 aliphatic rings. The lowest BCUT2D eigenvalue weighted by molar-refractivity contribution is 0.340. The van der Waals surface area contributed by atoms with Crippen LogP contribution in [-0.2, 0) is 12.2 Å². The van der Waals surface area contributed by atoms with Gasteiger partial charge in [0, 0.05) is 23.9 Å². The third kappa shape index (κ3) is 4.73. The number of nitrogens with zero attached hydrogens (tertiary/aromatic N) is 6. The molecule has 3 heterocycles. The minimum Gasteiger partial charge on any atom is -0.494 e. The lowest BCUT2D eigenvalue weighted by Gasteiger charge is -2.11. The van der Waals surface area contributed by atoms with Gasteiger partial charge < -0.3 is 4.74 Å². The summed E-state index contributed by atoms with van der Waals surface area (Å²) in [6.45, 7) is 4.44. The Morgan fingerprint density at radius 2 is 1.85 bits per heavy atom. The summed E-state index contributed by atoms with van der Waals surface area (Å²) < 4.78 is 8.99. The Hall–Kier alpha value is -3.50. The topological polar surface area (TPSA) is 87.2 Å². The molecule has 0 fully saturated rings. The Morgan fingerprint density at radius 1 is 1.06 bits per heavy atom. The molecule has 0 bridgehead atoms. The fraction of sp³-hybridized carbons (Fsp3) is 0.208. The maximum Gasteiger partial charge on any atom is 0.275 e. The molecule has 0 saturated heterocycles. The predicted molar refractivity (Wildman–Crippen MR) is 133 cm³/mol. The van der Waals surface area contributed by atoms with Crippen LogP contribution >= 0.6 is 23.1 Å². The molecule has 0 atom stereocenters. The van der Waals surface area contributed by atoms with E-state index in [1.165, 1.54) is 33.7 Å². The Labute approximate surface area is 204 Å². The molecule has 0 spiro atoms. The van der Waals surface area contributed by atoms with Crippen molar-refractivity contribution in [3.63, 3.8) is 0 Å². The van der Waals surface area contributed by atoms with Crippen LogP contribution < -0.4 is 10.3 Å². The lowest BCUT2D eigenvalue weighted by Crippen LogP contribution is -2.15. The molecule has 5 aromatic rings. The number of benzene rings is 2. The van der Waals surface area contributed by atoms with Gasteiger partial charge in [0.2, 0.25) is 4.96 Å². The van der Waals surface area contributed by atoms with Crippen molar-refractivity contribution in [1.29, 1.82) is 0 Å². The number of rotatable bonds is 8. The minimum absolute atomic E-state index is 0.178. The van der Waals surface area contributed by atoms with Gasteiger partial charge in [-0.2, -0.15) is 9.61 Å². The molecule has 5 rings (SSSR count). The van der Waals surface area contributed by atoms with Crippen molar-refractivity contribution in [2.45, 2.75) is 31.2 Å². The number of aromatic nitrogens is 6. The highest BCUT2D eigenvalue weighted by Crippen LogP contribution is 2.27. The van der Waals surface area contributed by atoms with E-state index in [1.54, 1.807) is 0 Å². The zero-order chi connectivity index (χ0) is 23.5. The number of hydrogen-bond acceptors (Lipinski definition) is 8. The number of fused-ring (bicyclic) bond motifs is 1. The number of ether oxygens (including phenoxy) is 1. The first kappa shape index (κ1) is 22.3. The Kier molecular flexibility index (Phi) is 6.41. The molecule has 0 aliphatic heterocycles. The Bertz CT molecular complexity index is 1480. The smallest absolute Gasteiger partial charge is 0.275 e. The monoisotopic (exact) mass is 490 g/mol. The zero-order valence-electron chi connectivity index (χ0n) is 18.7. The van der Waals surface area contributed by atoms with Gasteiger partial charge in [0.05, 0.1) is 12.3 Å². The van der Waals surface area contributed by atoms with Crippen molar-refractivity contribution in [3.8, 4) is 11.4 Å². The highest BCUT2D eigenvalue weighted by Gasteiger charge is 2.16.